The van der Waals surface area contributed by atoms with Crippen molar-refractivity contribution in [1.82, 2.24) is 0 Å². The second kappa shape index (κ2) is 6.83. The zero-order valence-corrected chi connectivity index (χ0v) is 15.2. The quantitative estimate of drug-likeness (QED) is 0.841. The number of hydrogen-bond donors (Lipinski definition) is 1. The van der Waals surface area contributed by atoms with E-state index in [1.54, 1.807) is 6.07 Å². The molecule has 1 fully saturated rings. The molecule has 0 unspecified atom stereocenters. The molecule has 1 aromatic carbocycles. The summed E-state index contributed by atoms with van der Waals surface area (Å²) in [6.45, 7) is 9.84. The maximum Gasteiger partial charge on any atom is 0.412 e. The van der Waals surface area contributed by atoms with Crippen LogP contribution in [0.2, 0.25) is 0 Å². The average molecular weight is 333 g/mol. The summed E-state index contributed by atoms with van der Waals surface area (Å²) in [6.07, 6.45) is 1.64. The van der Waals surface area contributed by atoms with E-state index in [-0.39, 0.29) is 11.2 Å². The van der Waals surface area contributed by atoms with E-state index in [0.717, 1.165) is 18.4 Å². The van der Waals surface area contributed by atoms with Crippen molar-refractivity contribution >= 4 is 17.6 Å². The van der Waals surface area contributed by atoms with Gasteiger partial charge in [0.25, 0.3) is 0 Å². The molecule has 1 aromatic rings. The predicted molar refractivity (Wildman–Crippen MR) is 93.5 cm³/mol. The van der Waals surface area contributed by atoms with Gasteiger partial charge < -0.3 is 9.47 Å². The molecule has 1 amide bonds. The van der Waals surface area contributed by atoms with Crippen molar-refractivity contribution in [2.45, 2.75) is 59.5 Å². The molecule has 1 N–H and O–H groups in total. The number of anilines is 1. The highest BCUT2D eigenvalue weighted by Gasteiger charge is 2.44. The highest BCUT2D eigenvalue weighted by atomic mass is 16.6. The molecular formula is C19H27NO4. The molecule has 0 heterocycles. The SMILES string of the molecule is CCOc1ccc(CC(=O)C2(C)CC2)c(NC(=O)OC(C)(C)C)c1. The van der Waals surface area contributed by atoms with E-state index in [4.69, 9.17) is 9.47 Å². The van der Waals surface area contributed by atoms with Gasteiger partial charge in [-0.25, -0.2) is 4.79 Å². The molecule has 2 rings (SSSR count). The summed E-state index contributed by atoms with van der Waals surface area (Å²) < 4.78 is 10.8. The number of amides is 1. The molecular weight excluding hydrogens is 306 g/mol. The van der Waals surface area contributed by atoms with Crippen LogP contribution < -0.4 is 10.1 Å². The topological polar surface area (TPSA) is 64.6 Å². The Bertz CT molecular complexity index is 627. The summed E-state index contributed by atoms with van der Waals surface area (Å²) in [7, 11) is 0. The molecule has 0 aliphatic heterocycles. The third kappa shape index (κ3) is 4.98. The second-order valence-corrected chi connectivity index (χ2v) is 7.54. The van der Waals surface area contributed by atoms with Crippen LogP contribution in [-0.2, 0) is 16.0 Å². The lowest BCUT2D eigenvalue weighted by molar-refractivity contribution is -0.122. The Morgan fingerprint density at radius 1 is 1.25 bits per heavy atom. The number of ether oxygens (including phenoxy) is 2. The van der Waals surface area contributed by atoms with E-state index in [1.807, 2.05) is 46.8 Å². The molecule has 0 bridgehead atoms. The number of carbonyl (C=O) groups is 2. The monoisotopic (exact) mass is 333 g/mol. The van der Waals surface area contributed by atoms with Crippen LogP contribution >= 0.6 is 0 Å². The molecule has 5 nitrogen and oxygen atoms in total. The van der Waals surface area contributed by atoms with Crippen molar-refractivity contribution in [3.63, 3.8) is 0 Å². The minimum atomic E-state index is -0.584. The minimum absolute atomic E-state index is 0.193. The van der Waals surface area contributed by atoms with Crippen LogP contribution in [0.1, 0.15) is 53.0 Å². The predicted octanol–water partition coefficient (Wildman–Crippen LogP) is 4.34. The van der Waals surface area contributed by atoms with Crippen LogP contribution in [0.25, 0.3) is 0 Å². The molecule has 0 aromatic heterocycles. The molecule has 24 heavy (non-hydrogen) atoms. The largest absolute Gasteiger partial charge is 0.494 e. The van der Waals surface area contributed by atoms with Crippen molar-refractivity contribution in [2.24, 2.45) is 5.41 Å². The molecule has 1 saturated carbocycles. The molecule has 0 spiro atoms. The number of carbonyl (C=O) groups excluding carboxylic acids is 2. The third-order valence-corrected chi connectivity index (χ3v) is 4.05. The zero-order chi connectivity index (χ0) is 18.0. The minimum Gasteiger partial charge on any atom is -0.494 e. The molecule has 132 valence electrons. The highest BCUT2D eigenvalue weighted by molar-refractivity contribution is 5.92. The van der Waals surface area contributed by atoms with E-state index < -0.39 is 11.7 Å². The van der Waals surface area contributed by atoms with Crippen molar-refractivity contribution in [2.75, 3.05) is 11.9 Å². The summed E-state index contributed by atoms with van der Waals surface area (Å²) >= 11 is 0. The first-order chi connectivity index (χ1) is 11.1. The van der Waals surface area contributed by atoms with Crippen LogP contribution in [0.5, 0.6) is 5.75 Å². The van der Waals surface area contributed by atoms with Gasteiger partial charge >= 0.3 is 6.09 Å². The zero-order valence-electron chi connectivity index (χ0n) is 15.2. The van der Waals surface area contributed by atoms with Gasteiger partial charge in [0.1, 0.15) is 17.1 Å². The molecule has 1 aliphatic rings. The van der Waals surface area contributed by atoms with Crippen molar-refractivity contribution in [3.05, 3.63) is 23.8 Å². The van der Waals surface area contributed by atoms with E-state index in [9.17, 15) is 9.59 Å². The van der Waals surface area contributed by atoms with Gasteiger partial charge in [-0.2, -0.15) is 0 Å². The Labute approximate surface area is 143 Å². The van der Waals surface area contributed by atoms with Crippen molar-refractivity contribution in [3.8, 4) is 5.75 Å². The first-order valence-corrected chi connectivity index (χ1v) is 8.42. The van der Waals surface area contributed by atoms with Gasteiger partial charge in [-0.1, -0.05) is 13.0 Å². The third-order valence-electron chi connectivity index (χ3n) is 4.05. The van der Waals surface area contributed by atoms with E-state index in [0.29, 0.717) is 24.5 Å². The van der Waals surface area contributed by atoms with Crippen LogP contribution in [0.15, 0.2) is 18.2 Å². The van der Waals surface area contributed by atoms with Gasteiger partial charge in [-0.3, -0.25) is 10.1 Å². The molecule has 0 radical (unpaired) electrons. The van der Waals surface area contributed by atoms with Crippen LogP contribution in [-0.4, -0.2) is 24.1 Å². The Kier molecular flexibility index (Phi) is 5.21. The van der Waals surface area contributed by atoms with Gasteiger partial charge in [-0.05, 0) is 52.2 Å². The number of nitrogens with one attached hydrogen (secondary N) is 1. The van der Waals surface area contributed by atoms with Gasteiger partial charge in [0.2, 0.25) is 0 Å². The first-order valence-electron chi connectivity index (χ1n) is 8.42. The van der Waals surface area contributed by atoms with Crippen LogP contribution in [0, 0.1) is 5.41 Å². The van der Waals surface area contributed by atoms with Gasteiger partial charge in [-0.15, -0.1) is 0 Å². The summed E-state index contributed by atoms with van der Waals surface area (Å²) in [6, 6.07) is 5.40. The van der Waals surface area contributed by atoms with E-state index in [2.05, 4.69) is 5.32 Å². The summed E-state index contributed by atoms with van der Waals surface area (Å²) in [5, 5.41) is 2.75. The highest BCUT2D eigenvalue weighted by Crippen LogP contribution is 2.46. The number of ketones is 1. The van der Waals surface area contributed by atoms with Crippen molar-refractivity contribution in [1.29, 1.82) is 0 Å². The normalized spacial score (nSPS) is 15.5. The Morgan fingerprint density at radius 2 is 1.92 bits per heavy atom. The average Bonchev–Trinajstić information content (AvgIpc) is 3.19. The fourth-order valence-electron chi connectivity index (χ4n) is 2.35. The van der Waals surface area contributed by atoms with Gasteiger partial charge in [0, 0.05) is 17.9 Å². The number of hydrogen-bond acceptors (Lipinski definition) is 4. The Morgan fingerprint density at radius 3 is 2.46 bits per heavy atom. The fourth-order valence-corrected chi connectivity index (χ4v) is 2.35. The van der Waals surface area contributed by atoms with Gasteiger partial charge in [0.15, 0.2) is 0 Å². The van der Waals surface area contributed by atoms with E-state index >= 15 is 0 Å². The molecule has 1 aliphatic carbocycles. The number of rotatable bonds is 6. The second-order valence-electron chi connectivity index (χ2n) is 7.54. The van der Waals surface area contributed by atoms with Gasteiger partial charge in [0.05, 0.1) is 12.3 Å². The molecule has 0 saturated heterocycles. The Hall–Kier alpha value is -2.04. The Balaban J connectivity index is 2.19. The lowest BCUT2D eigenvalue weighted by Crippen LogP contribution is -2.27. The smallest absolute Gasteiger partial charge is 0.412 e. The van der Waals surface area contributed by atoms with Crippen LogP contribution in [0.4, 0.5) is 10.5 Å². The lowest BCUT2D eigenvalue weighted by Gasteiger charge is -2.21. The molecule has 5 heteroatoms. The maximum atomic E-state index is 12.4. The first kappa shape index (κ1) is 18.3. The fraction of sp³-hybridized carbons (Fsp3) is 0.579. The van der Waals surface area contributed by atoms with Crippen LogP contribution in [0.3, 0.4) is 0 Å². The van der Waals surface area contributed by atoms with Crippen molar-refractivity contribution < 1.29 is 19.1 Å². The number of benzene rings is 1. The summed E-state index contributed by atoms with van der Waals surface area (Å²) in [4.78, 5) is 24.5. The number of Topliss-reactive ketones (excluding diaryl/α,β-unsaturated/α-hetero) is 1. The lowest BCUT2D eigenvalue weighted by atomic mass is 9.96. The summed E-state index contributed by atoms with van der Waals surface area (Å²) in [5.74, 6) is 0.858. The summed E-state index contributed by atoms with van der Waals surface area (Å²) in [5.41, 5.74) is 0.566. The standard InChI is InChI=1S/C19H27NO4/c1-6-23-14-8-7-13(11-16(21)19(5)9-10-19)15(12-14)20-17(22)24-18(2,3)4/h7-8,12H,6,9-11H2,1-5H3,(H,20,22). The van der Waals surface area contributed by atoms with E-state index in [1.165, 1.54) is 0 Å². The molecule has 0 atom stereocenters. The maximum absolute atomic E-state index is 12.4.